The van der Waals surface area contributed by atoms with Gasteiger partial charge in [0.1, 0.15) is 5.75 Å². The molecule has 7 heteroatoms. The van der Waals surface area contributed by atoms with E-state index in [-0.39, 0.29) is 12.0 Å². The number of hydrogen-bond acceptors (Lipinski definition) is 5. The van der Waals surface area contributed by atoms with Gasteiger partial charge in [0.25, 0.3) is 5.91 Å². The smallest absolute Gasteiger partial charge is 0.341 e. The van der Waals surface area contributed by atoms with Crippen molar-refractivity contribution in [2.24, 2.45) is 0 Å². The highest BCUT2D eigenvalue weighted by molar-refractivity contribution is 6.06. The van der Waals surface area contributed by atoms with Crippen LogP contribution in [-0.2, 0) is 20.9 Å². The molecule has 0 spiro atoms. The fourth-order valence-electron chi connectivity index (χ4n) is 3.11. The number of carboxylic acids is 1. The molecule has 29 heavy (non-hydrogen) atoms. The highest BCUT2D eigenvalue weighted by Gasteiger charge is 2.19. The lowest BCUT2D eigenvalue weighted by Crippen LogP contribution is -2.28. The minimum absolute atomic E-state index is 0.143. The highest BCUT2D eigenvalue weighted by Crippen LogP contribution is 2.22. The first-order chi connectivity index (χ1) is 14.0. The van der Waals surface area contributed by atoms with E-state index in [2.05, 4.69) is 0 Å². The normalized spacial score (nSPS) is 14.4. The Labute approximate surface area is 169 Å². The molecule has 0 aromatic heterocycles. The number of rotatable bonds is 8. The zero-order chi connectivity index (χ0) is 20.6. The number of benzene rings is 2. The molecule has 1 aliphatic heterocycles. The van der Waals surface area contributed by atoms with E-state index >= 15 is 0 Å². The first kappa shape index (κ1) is 20.8. The summed E-state index contributed by atoms with van der Waals surface area (Å²) in [4.78, 5) is 25.2. The molecule has 1 saturated heterocycles. The Bertz CT molecular complexity index is 829. The maximum absolute atomic E-state index is 13.1. The number of nitrogens with zero attached hydrogens (tertiary/aromatic N) is 1. The molecule has 1 fully saturated rings. The van der Waals surface area contributed by atoms with Crippen LogP contribution in [0.4, 0.5) is 5.69 Å². The number of amides is 1. The molecule has 0 radical (unpaired) electrons. The average molecular weight is 399 g/mol. The number of anilines is 1. The summed E-state index contributed by atoms with van der Waals surface area (Å²) < 4.78 is 16.5. The monoisotopic (exact) mass is 399 g/mol. The van der Waals surface area contributed by atoms with Crippen LogP contribution in [0.25, 0.3) is 0 Å². The average Bonchev–Trinajstić information content (AvgIpc) is 2.76. The number of hydrogen-bond donors (Lipinski definition) is 1. The van der Waals surface area contributed by atoms with Gasteiger partial charge in [-0.1, -0.05) is 18.2 Å². The summed E-state index contributed by atoms with van der Waals surface area (Å²) in [5, 5.41) is 8.68. The molecule has 7 nitrogen and oxygen atoms in total. The second kappa shape index (κ2) is 10.0. The van der Waals surface area contributed by atoms with Crippen molar-refractivity contribution in [1.29, 1.82) is 0 Å². The summed E-state index contributed by atoms with van der Waals surface area (Å²) >= 11 is 0. The molecule has 1 heterocycles. The molecule has 1 aliphatic rings. The van der Waals surface area contributed by atoms with Gasteiger partial charge < -0.3 is 24.2 Å². The third-order valence-electron chi connectivity index (χ3n) is 4.78. The van der Waals surface area contributed by atoms with Gasteiger partial charge >= 0.3 is 5.97 Å². The van der Waals surface area contributed by atoms with Crippen molar-refractivity contribution in [1.82, 2.24) is 0 Å². The van der Waals surface area contributed by atoms with Crippen LogP contribution in [0.15, 0.2) is 48.5 Å². The maximum Gasteiger partial charge on any atom is 0.341 e. The Morgan fingerprint density at radius 2 is 1.79 bits per heavy atom. The van der Waals surface area contributed by atoms with Crippen LogP contribution in [0.2, 0.25) is 0 Å². The van der Waals surface area contributed by atoms with Crippen molar-refractivity contribution in [3.8, 4) is 5.75 Å². The van der Waals surface area contributed by atoms with Gasteiger partial charge in [0.2, 0.25) is 0 Å². The largest absolute Gasteiger partial charge is 0.482 e. The molecule has 154 valence electrons. The molecule has 0 atom stereocenters. The standard InChI is InChI=1S/C22H25NO6/c1-23(17-6-8-18(9-7-17)29-15-21(24)25)22(26)20-5-3-2-4-16(20)14-28-19-10-12-27-13-11-19/h2-9,19H,10-15H2,1H3,(H,24,25). The second-order valence-corrected chi connectivity index (χ2v) is 6.82. The van der Waals surface area contributed by atoms with Crippen LogP contribution in [0, 0.1) is 0 Å². The van der Waals surface area contributed by atoms with Crippen LogP contribution < -0.4 is 9.64 Å². The van der Waals surface area contributed by atoms with Gasteiger partial charge in [0.15, 0.2) is 6.61 Å². The second-order valence-electron chi connectivity index (χ2n) is 6.82. The van der Waals surface area contributed by atoms with E-state index in [4.69, 9.17) is 19.3 Å². The Balaban J connectivity index is 1.66. The van der Waals surface area contributed by atoms with Gasteiger partial charge in [-0.3, -0.25) is 4.79 Å². The molecule has 1 N–H and O–H groups in total. The molecule has 0 saturated carbocycles. The summed E-state index contributed by atoms with van der Waals surface area (Å²) in [6.07, 6.45) is 1.89. The molecule has 2 aromatic carbocycles. The van der Waals surface area contributed by atoms with E-state index in [0.29, 0.717) is 36.8 Å². The summed E-state index contributed by atoms with van der Waals surface area (Å²) in [6.45, 7) is 1.39. The van der Waals surface area contributed by atoms with E-state index in [9.17, 15) is 9.59 Å². The fraction of sp³-hybridized carbons (Fsp3) is 0.364. The number of carbonyl (C=O) groups is 2. The third kappa shape index (κ3) is 5.79. The van der Waals surface area contributed by atoms with Crippen LogP contribution >= 0.6 is 0 Å². The Kier molecular flexibility index (Phi) is 7.21. The van der Waals surface area contributed by atoms with E-state index in [1.807, 2.05) is 18.2 Å². The molecular weight excluding hydrogens is 374 g/mol. The van der Waals surface area contributed by atoms with Crippen LogP contribution in [0.5, 0.6) is 5.75 Å². The number of aliphatic carboxylic acids is 1. The molecule has 0 aliphatic carbocycles. The van der Waals surface area contributed by atoms with Crippen molar-refractivity contribution >= 4 is 17.6 Å². The Morgan fingerprint density at radius 3 is 2.48 bits per heavy atom. The third-order valence-corrected chi connectivity index (χ3v) is 4.78. The predicted molar refractivity (Wildman–Crippen MR) is 107 cm³/mol. The Hall–Kier alpha value is -2.90. The topological polar surface area (TPSA) is 85.3 Å². The van der Waals surface area contributed by atoms with Crippen LogP contribution in [0.3, 0.4) is 0 Å². The van der Waals surface area contributed by atoms with Gasteiger partial charge in [0, 0.05) is 31.5 Å². The molecule has 1 amide bonds. The fourth-order valence-corrected chi connectivity index (χ4v) is 3.11. The lowest BCUT2D eigenvalue weighted by Gasteiger charge is -2.23. The first-order valence-electron chi connectivity index (χ1n) is 9.54. The lowest BCUT2D eigenvalue weighted by molar-refractivity contribution is -0.139. The summed E-state index contributed by atoms with van der Waals surface area (Å²) in [7, 11) is 1.70. The van der Waals surface area contributed by atoms with E-state index < -0.39 is 12.6 Å². The zero-order valence-corrected chi connectivity index (χ0v) is 16.4. The van der Waals surface area contributed by atoms with Crippen molar-refractivity contribution in [2.45, 2.75) is 25.6 Å². The van der Waals surface area contributed by atoms with E-state index in [0.717, 1.165) is 18.4 Å². The number of carbonyl (C=O) groups excluding carboxylic acids is 1. The molecule has 3 rings (SSSR count). The van der Waals surface area contributed by atoms with Crippen LogP contribution in [-0.4, -0.2) is 50.0 Å². The quantitative estimate of drug-likeness (QED) is 0.734. The van der Waals surface area contributed by atoms with Gasteiger partial charge in [-0.15, -0.1) is 0 Å². The minimum atomic E-state index is -1.04. The maximum atomic E-state index is 13.1. The lowest BCUT2D eigenvalue weighted by atomic mass is 10.1. The first-order valence-corrected chi connectivity index (χ1v) is 9.54. The SMILES string of the molecule is CN(C(=O)c1ccccc1COC1CCOCC1)c1ccc(OCC(=O)O)cc1. The summed E-state index contributed by atoms with van der Waals surface area (Å²) in [5.74, 6) is -0.751. The van der Waals surface area contributed by atoms with Crippen molar-refractivity contribution < 1.29 is 28.9 Å². The molecular formula is C22H25NO6. The summed E-state index contributed by atoms with van der Waals surface area (Å²) in [5.41, 5.74) is 2.11. The molecule has 0 unspecified atom stereocenters. The van der Waals surface area contributed by atoms with Gasteiger partial charge in [0.05, 0.1) is 12.7 Å². The predicted octanol–water partition coefficient (Wildman–Crippen LogP) is 3.12. The van der Waals surface area contributed by atoms with Gasteiger partial charge in [-0.2, -0.15) is 0 Å². The Morgan fingerprint density at radius 1 is 1.10 bits per heavy atom. The molecule has 2 aromatic rings. The van der Waals surface area contributed by atoms with Crippen molar-refractivity contribution in [3.05, 3.63) is 59.7 Å². The zero-order valence-electron chi connectivity index (χ0n) is 16.4. The van der Waals surface area contributed by atoms with Gasteiger partial charge in [-0.05, 0) is 48.7 Å². The van der Waals surface area contributed by atoms with Crippen LogP contribution in [0.1, 0.15) is 28.8 Å². The molecule has 0 bridgehead atoms. The van der Waals surface area contributed by atoms with Gasteiger partial charge in [-0.25, -0.2) is 4.79 Å². The van der Waals surface area contributed by atoms with E-state index in [1.54, 1.807) is 42.3 Å². The summed E-state index contributed by atoms with van der Waals surface area (Å²) in [6, 6.07) is 14.2. The number of carboxylic acid groups (broad SMARTS) is 1. The van der Waals surface area contributed by atoms with E-state index in [1.165, 1.54) is 0 Å². The van der Waals surface area contributed by atoms with Crippen molar-refractivity contribution in [3.63, 3.8) is 0 Å². The van der Waals surface area contributed by atoms with Crippen molar-refractivity contribution in [2.75, 3.05) is 31.8 Å². The highest BCUT2D eigenvalue weighted by atomic mass is 16.5. The number of ether oxygens (including phenoxy) is 3. The minimum Gasteiger partial charge on any atom is -0.482 e.